The zero-order valence-corrected chi connectivity index (χ0v) is 12.8. The van der Waals surface area contributed by atoms with Gasteiger partial charge in [-0.15, -0.1) is 0 Å². The molecule has 0 saturated heterocycles. The standard InChI is InChI=1S/C15H34N2/c1-6-16-10-7-11-17(12-8-14(2)3)13-9-15(4)5/h14-16H,6-13H2,1-5H3. The Morgan fingerprint density at radius 3 is 1.82 bits per heavy atom. The summed E-state index contributed by atoms with van der Waals surface area (Å²) in [6, 6.07) is 0. The normalized spacial score (nSPS) is 12.0. The minimum atomic E-state index is 0.824. The summed E-state index contributed by atoms with van der Waals surface area (Å²) >= 11 is 0. The molecule has 0 spiro atoms. The van der Waals surface area contributed by atoms with Gasteiger partial charge in [-0.3, -0.25) is 0 Å². The van der Waals surface area contributed by atoms with Crippen LogP contribution in [0.4, 0.5) is 0 Å². The van der Waals surface area contributed by atoms with Crippen molar-refractivity contribution in [1.29, 1.82) is 0 Å². The van der Waals surface area contributed by atoms with E-state index in [1.807, 2.05) is 0 Å². The molecule has 0 unspecified atom stereocenters. The van der Waals surface area contributed by atoms with E-state index in [-0.39, 0.29) is 0 Å². The van der Waals surface area contributed by atoms with Gasteiger partial charge >= 0.3 is 0 Å². The zero-order chi connectivity index (χ0) is 13.1. The van der Waals surface area contributed by atoms with Crippen molar-refractivity contribution in [3.63, 3.8) is 0 Å². The molecule has 0 aromatic heterocycles. The quantitative estimate of drug-likeness (QED) is 0.559. The summed E-state index contributed by atoms with van der Waals surface area (Å²) in [7, 11) is 0. The van der Waals surface area contributed by atoms with Crippen LogP contribution in [-0.4, -0.2) is 37.6 Å². The van der Waals surface area contributed by atoms with Crippen LogP contribution in [0, 0.1) is 11.8 Å². The third-order valence-corrected chi connectivity index (χ3v) is 3.12. The predicted molar refractivity (Wildman–Crippen MR) is 78.5 cm³/mol. The van der Waals surface area contributed by atoms with Crippen molar-refractivity contribution in [2.45, 2.75) is 53.9 Å². The molecule has 0 saturated carbocycles. The Morgan fingerprint density at radius 1 is 0.882 bits per heavy atom. The van der Waals surface area contributed by atoms with Gasteiger partial charge in [-0.1, -0.05) is 34.6 Å². The first-order valence-electron chi connectivity index (χ1n) is 7.49. The monoisotopic (exact) mass is 242 g/mol. The highest BCUT2D eigenvalue weighted by molar-refractivity contribution is 4.62. The van der Waals surface area contributed by atoms with Crippen LogP contribution < -0.4 is 5.32 Å². The van der Waals surface area contributed by atoms with Crippen LogP contribution in [0.1, 0.15) is 53.9 Å². The van der Waals surface area contributed by atoms with Gasteiger partial charge < -0.3 is 10.2 Å². The van der Waals surface area contributed by atoms with Crippen LogP contribution in [0.5, 0.6) is 0 Å². The van der Waals surface area contributed by atoms with E-state index < -0.39 is 0 Å². The predicted octanol–water partition coefficient (Wildman–Crippen LogP) is 3.38. The Morgan fingerprint density at radius 2 is 1.41 bits per heavy atom. The summed E-state index contributed by atoms with van der Waals surface area (Å²) in [5.41, 5.74) is 0. The van der Waals surface area contributed by atoms with Gasteiger partial charge in [0.1, 0.15) is 0 Å². The average Bonchev–Trinajstić information content (AvgIpc) is 2.26. The molecule has 0 aliphatic carbocycles. The zero-order valence-electron chi connectivity index (χ0n) is 12.8. The topological polar surface area (TPSA) is 15.3 Å². The van der Waals surface area contributed by atoms with Gasteiger partial charge in [0, 0.05) is 0 Å². The van der Waals surface area contributed by atoms with Crippen molar-refractivity contribution in [1.82, 2.24) is 10.2 Å². The maximum atomic E-state index is 3.41. The Labute approximate surface area is 109 Å². The first-order valence-corrected chi connectivity index (χ1v) is 7.49. The van der Waals surface area contributed by atoms with E-state index >= 15 is 0 Å². The Balaban J connectivity index is 3.75. The maximum absolute atomic E-state index is 3.41. The van der Waals surface area contributed by atoms with E-state index in [0.29, 0.717) is 0 Å². The van der Waals surface area contributed by atoms with Gasteiger partial charge in [-0.2, -0.15) is 0 Å². The third kappa shape index (κ3) is 12.2. The minimum absolute atomic E-state index is 0.824. The van der Waals surface area contributed by atoms with Gasteiger partial charge in [0.05, 0.1) is 0 Å². The SMILES string of the molecule is CCNCCCN(CCC(C)C)CCC(C)C. The summed E-state index contributed by atoms with van der Waals surface area (Å²) in [6.45, 7) is 17.5. The highest BCUT2D eigenvalue weighted by Gasteiger charge is 2.06. The molecule has 2 nitrogen and oxygen atoms in total. The smallest absolute Gasteiger partial charge is 0.000664 e. The van der Waals surface area contributed by atoms with Crippen molar-refractivity contribution >= 4 is 0 Å². The lowest BCUT2D eigenvalue weighted by Gasteiger charge is -2.24. The summed E-state index contributed by atoms with van der Waals surface area (Å²) < 4.78 is 0. The largest absolute Gasteiger partial charge is 0.317 e. The van der Waals surface area contributed by atoms with Crippen molar-refractivity contribution in [3.05, 3.63) is 0 Å². The lowest BCUT2D eigenvalue weighted by molar-refractivity contribution is 0.240. The molecule has 1 N–H and O–H groups in total. The van der Waals surface area contributed by atoms with Crippen molar-refractivity contribution in [3.8, 4) is 0 Å². The van der Waals surface area contributed by atoms with Crippen LogP contribution in [0.25, 0.3) is 0 Å². The summed E-state index contributed by atoms with van der Waals surface area (Å²) in [6.07, 6.45) is 3.95. The number of hydrogen-bond donors (Lipinski definition) is 1. The molecule has 2 heteroatoms. The highest BCUT2D eigenvalue weighted by atomic mass is 15.1. The van der Waals surface area contributed by atoms with E-state index in [9.17, 15) is 0 Å². The van der Waals surface area contributed by atoms with Gasteiger partial charge in [0.15, 0.2) is 0 Å². The fourth-order valence-corrected chi connectivity index (χ4v) is 1.82. The van der Waals surface area contributed by atoms with Gasteiger partial charge in [0.2, 0.25) is 0 Å². The Hall–Kier alpha value is -0.0800. The van der Waals surface area contributed by atoms with Crippen LogP contribution in [0.3, 0.4) is 0 Å². The molecular formula is C15H34N2. The van der Waals surface area contributed by atoms with E-state index in [2.05, 4.69) is 44.8 Å². The molecule has 0 aliphatic rings. The molecular weight excluding hydrogens is 208 g/mol. The van der Waals surface area contributed by atoms with E-state index in [4.69, 9.17) is 0 Å². The van der Waals surface area contributed by atoms with Crippen LogP contribution in [0.2, 0.25) is 0 Å². The lowest BCUT2D eigenvalue weighted by atomic mass is 10.1. The van der Waals surface area contributed by atoms with Crippen molar-refractivity contribution in [2.24, 2.45) is 11.8 Å². The second-order valence-corrected chi connectivity index (χ2v) is 5.91. The fraction of sp³-hybridized carbons (Fsp3) is 1.00. The van der Waals surface area contributed by atoms with E-state index in [0.717, 1.165) is 24.9 Å². The molecule has 0 radical (unpaired) electrons. The summed E-state index contributed by atoms with van der Waals surface area (Å²) in [4.78, 5) is 2.65. The van der Waals surface area contributed by atoms with Crippen molar-refractivity contribution < 1.29 is 0 Å². The van der Waals surface area contributed by atoms with Crippen LogP contribution in [-0.2, 0) is 0 Å². The van der Waals surface area contributed by atoms with E-state index in [1.165, 1.54) is 38.9 Å². The molecule has 0 aromatic rings. The summed E-state index contributed by atoms with van der Waals surface area (Å²) in [5.74, 6) is 1.65. The molecule has 0 fully saturated rings. The minimum Gasteiger partial charge on any atom is -0.317 e. The second-order valence-electron chi connectivity index (χ2n) is 5.91. The average molecular weight is 242 g/mol. The van der Waals surface area contributed by atoms with Crippen molar-refractivity contribution in [2.75, 3.05) is 32.7 Å². The molecule has 17 heavy (non-hydrogen) atoms. The van der Waals surface area contributed by atoms with Crippen LogP contribution in [0.15, 0.2) is 0 Å². The number of hydrogen-bond acceptors (Lipinski definition) is 2. The third-order valence-electron chi connectivity index (χ3n) is 3.12. The first kappa shape index (κ1) is 16.9. The molecule has 104 valence electrons. The molecule has 0 atom stereocenters. The van der Waals surface area contributed by atoms with Gasteiger partial charge in [-0.05, 0) is 63.8 Å². The van der Waals surface area contributed by atoms with Gasteiger partial charge in [-0.25, -0.2) is 0 Å². The number of nitrogens with zero attached hydrogens (tertiary/aromatic N) is 1. The van der Waals surface area contributed by atoms with E-state index in [1.54, 1.807) is 0 Å². The number of rotatable bonds is 11. The maximum Gasteiger partial charge on any atom is -0.000664 e. The second kappa shape index (κ2) is 11.0. The molecule has 0 bridgehead atoms. The molecule has 0 rings (SSSR count). The molecule has 0 aromatic carbocycles. The fourth-order valence-electron chi connectivity index (χ4n) is 1.82. The Kier molecular flexibility index (Phi) is 11.0. The van der Waals surface area contributed by atoms with Gasteiger partial charge in [0.25, 0.3) is 0 Å². The number of nitrogens with one attached hydrogen (secondary N) is 1. The summed E-state index contributed by atoms with van der Waals surface area (Å²) in [5, 5.41) is 3.41. The highest BCUT2D eigenvalue weighted by Crippen LogP contribution is 2.06. The molecule has 0 amide bonds. The first-order chi connectivity index (χ1) is 8.06. The lowest BCUT2D eigenvalue weighted by Crippen LogP contribution is -2.30. The molecule has 0 aliphatic heterocycles. The Bertz CT molecular complexity index is 143. The molecule has 0 heterocycles. The van der Waals surface area contributed by atoms with Crippen LogP contribution >= 0.6 is 0 Å².